The first-order valence-corrected chi connectivity index (χ1v) is 7.86. The van der Waals surface area contributed by atoms with Gasteiger partial charge in [-0.25, -0.2) is 0 Å². The molecule has 1 fully saturated rings. The molecule has 20 heavy (non-hydrogen) atoms. The lowest BCUT2D eigenvalue weighted by atomic mass is 10.1. The summed E-state index contributed by atoms with van der Waals surface area (Å²) in [6.07, 6.45) is 1.16. The second-order valence-corrected chi connectivity index (χ2v) is 5.65. The molecule has 0 spiro atoms. The van der Waals surface area contributed by atoms with E-state index in [9.17, 15) is 0 Å². The van der Waals surface area contributed by atoms with Gasteiger partial charge in [-0.3, -0.25) is 4.90 Å². The van der Waals surface area contributed by atoms with Crippen LogP contribution in [0.25, 0.3) is 0 Å². The van der Waals surface area contributed by atoms with Gasteiger partial charge in [-0.05, 0) is 25.8 Å². The lowest BCUT2D eigenvalue weighted by Crippen LogP contribution is -2.46. The topological polar surface area (TPSA) is 15.7 Å². The smallest absolute Gasteiger partial charge is 0.0478 e. The number of rotatable bonds is 7. The van der Waals surface area contributed by atoms with Crippen molar-refractivity contribution in [2.45, 2.75) is 26.8 Å². The Balaban J connectivity index is 1.65. The summed E-state index contributed by atoms with van der Waals surface area (Å²) in [6, 6.07) is 8.92. The SMILES string of the molecule is CCOCCCN1CCN(Cc2ccc(C)cc2)CC1. The molecule has 112 valence electrons. The van der Waals surface area contributed by atoms with Crippen molar-refractivity contribution < 1.29 is 4.74 Å². The third kappa shape index (κ3) is 5.23. The molecule has 0 unspecified atom stereocenters. The van der Waals surface area contributed by atoms with Gasteiger partial charge in [-0.1, -0.05) is 29.8 Å². The average Bonchev–Trinajstić information content (AvgIpc) is 2.48. The van der Waals surface area contributed by atoms with Crippen LogP contribution >= 0.6 is 0 Å². The summed E-state index contributed by atoms with van der Waals surface area (Å²) in [5.41, 5.74) is 2.77. The Morgan fingerprint density at radius 1 is 1.00 bits per heavy atom. The van der Waals surface area contributed by atoms with E-state index in [1.165, 1.54) is 43.9 Å². The highest BCUT2D eigenvalue weighted by Gasteiger charge is 2.16. The Hall–Kier alpha value is -0.900. The van der Waals surface area contributed by atoms with Crippen LogP contribution in [0.2, 0.25) is 0 Å². The number of aryl methyl sites for hydroxylation is 1. The second-order valence-electron chi connectivity index (χ2n) is 5.65. The zero-order chi connectivity index (χ0) is 14.2. The molecule has 1 heterocycles. The normalized spacial score (nSPS) is 17.5. The van der Waals surface area contributed by atoms with Crippen molar-refractivity contribution in [3.05, 3.63) is 35.4 Å². The zero-order valence-corrected chi connectivity index (χ0v) is 13.0. The van der Waals surface area contributed by atoms with Crippen LogP contribution in [0.3, 0.4) is 0 Å². The van der Waals surface area contributed by atoms with Crippen molar-refractivity contribution in [1.29, 1.82) is 0 Å². The van der Waals surface area contributed by atoms with Gasteiger partial charge in [0.2, 0.25) is 0 Å². The lowest BCUT2D eigenvalue weighted by Gasteiger charge is -2.34. The number of benzene rings is 1. The highest BCUT2D eigenvalue weighted by Crippen LogP contribution is 2.10. The summed E-state index contributed by atoms with van der Waals surface area (Å²) in [5, 5.41) is 0. The van der Waals surface area contributed by atoms with E-state index in [4.69, 9.17) is 4.74 Å². The molecule has 0 N–H and O–H groups in total. The van der Waals surface area contributed by atoms with Crippen LogP contribution in [0.5, 0.6) is 0 Å². The van der Waals surface area contributed by atoms with Crippen molar-refractivity contribution >= 4 is 0 Å². The third-order valence-electron chi connectivity index (χ3n) is 3.96. The van der Waals surface area contributed by atoms with Gasteiger partial charge in [0.15, 0.2) is 0 Å². The number of nitrogens with zero attached hydrogens (tertiary/aromatic N) is 2. The molecule has 1 aliphatic heterocycles. The quantitative estimate of drug-likeness (QED) is 0.712. The largest absolute Gasteiger partial charge is 0.382 e. The average molecular weight is 276 g/mol. The van der Waals surface area contributed by atoms with Crippen molar-refractivity contribution in [2.75, 3.05) is 45.9 Å². The van der Waals surface area contributed by atoms with Gasteiger partial charge < -0.3 is 9.64 Å². The number of piperazine rings is 1. The summed E-state index contributed by atoms with van der Waals surface area (Å²) < 4.78 is 5.40. The Morgan fingerprint density at radius 3 is 2.30 bits per heavy atom. The van der Waals surface area contributed by atoms with Crippen LogP contribution < -0.4 is 0 Å². The fourth-order valence-electron chi connectivity index (χ4n) is 2.66. The van der Waals surface area contributed by atoms with E-state index >= 15 is 0 Å². The van der Waals surface area contributed by atoms with Crippen molar-refractivity contribution in [3.63, 3.8) is 0 Å². The van der Waals surface area contributed by atoms with Crippen LogP contribution in [-0.2, 0) is 11.3 Å². The minimum Gasteiger partial charge on any atom is -0.382 e. The molecule has 0 aliphatic carbocycles. The molecular formula is C17H28N2O. The molecule has 1 saturated heterocycles. The maximum absolute atomic E-state index is 5.40. The Kier molecular flexibility index (Phi) is 6.51. The van der Waals surface area contributed by atoms with Crippen molar-refractivity contribution in [3.8, 4) is 0 Å². The lowest BCUT2D eigenvalue weighted by molar-refractivity contribution is 0.102. The molecule has 0 aromatic heterocycles. The van der Waals surface area contributed by atoms with Gasteiger partial charge in [-0.2, -0.15) is 0 Å². The molecule has 1 aliphatic rings. The standard InChI is InChI=1S/C17H28N2O/c1-3-20-14-4-9-18-10-12-19(13-11-18)15-17-7-5-16(2)6-8-17/h5-8H,3-4,9-15H2,1-2H3. The van der Waals surface area contributed by atoms with Crippen molar-refractivity contribution in [1.82, 2.24) is 9.80 Å². The molecule has 0 radical (unpaired) electrons. The van der Waals surface area contributed by atoms with Crippen LogP contribution in [0.15, 0.2) is 24.3 Å². The van der Waals surface area contributed by atoms with Gasteiger partial charge in [0, 0.05) is 52.5 Å². The van der Waals surface area contributed by atoms with Gasteiger partial charge in [-0.15, -0.1) is 0 Å². The van der Waals surface area contributed by atoms with Gasteiger partial charge in [0.25, 0.3) is 0 Å². The molecule has 0 bridgehead atoms. The Morgan fingerprint density at radius 2 is 1.65 bits per heavy atom. The predicted molar refractivity (Wildman–Crippen MR) is 84.0 cm³/mol. The number of ether oxygens (including phenoxy) is 1. The van der Waals surface area contributed by atoms with E-state index in [1.54, 1.807) is 0 Å². The molecule has 3 heteroatoms. The van der Waals surface area contributed by atoms with Crippen LogP contribution in [0, 0.1) is 6.92 Å². The summed E-state index contributed by atoms with van der Waals surface area (Å²) >= 11 is 0. The van der Waals surface area contributed by atoms with E-state index in [1.807, 2.05) is 0 Å². The molecule has 1 aromatic rings. The monoisotopic (exact) mass is 276 g/mol. The van der Waals surface area contributed by atoms with Crippen molar-refractivity contribution in [2.24, 2.45) is 0 Å². The fourth-order valence-corrected chi connectivity index (χ4v) is 2.66. The molecular weight excluding hydrogens is 248 g/mol. The third-order valence-corrected chi connectivity index (χ3v) is 3.96. The molecule has 3 nitrogen and oxygen atoms in total. The number of hydrogen-bond donors (Lipinski definition) is 0. The van der Waals surface area contributed by atoms with Crippen LogP contribution in [0.1, 0.15) is 24.5 Å². The summed E-state index contributed by atoms with van der Waals surface area (Å²) in [6.45, 7) is 13.0. The fraction of sp³-hybridized carbons (Fsp3) is 0.647. The predicted octanol–water partition coefficient (Wildman–Crippen LogP) is 2.54. The molecule has 1 aromatic carbocycles. The highest BCUT2D eigenvalue weighted by atomic mass is 16.5. The summed E-state index contributed by atoms with van der Waals surface area (Å²) in [7, 11) is 0. The summed E-state index contributed by atoms with van der Waals surface area (Å²) in [5.74, 6) is 0. The minimum absolute atomic E-state index is 0.838. The number of hydrogen-bond acceptors (Lipinski definition) is 3. The highest BCUT2D eigenvalue weighted by molar-refractivity contribution is 5.21. The van der Waals surface area contributed by atoms with Gasteiger partial charge in [0.1, 0.15) is 0 Å². The second kappa shape index (κ2) is 8.40. The molecule has 0 atom stereocenters. The first kappa shape index (κ1) is 15.5. The zero-order valence-electron chi connectivity index (χ0n) is 13.0. The van der Waals surface area contributed by atoms with E-state index in [2.05, 4.69) is 47.9 Å². The van der Waals surface area contributed by atoms with Gasteiger partial charge >= 0.3 is 0 Å². The van der Waals surface area contributed by atoms with Gasteiger partial charge in [0.05, 0.1) is 0 Å². The van der Waals surface area contributed by atoms with Crippen LogP contribution in [-0.4, -0.2) is 55.7 Å². The van der Waals surface area contributed by atoms with E-state index in [-0.39, 0.29) is 0 Å². The molecule has 2 rings (SSSR count). The maximum atomic E-state index is 5.40. The maximum Gasteiger partial charge on any atom is 0.0478 e. The molecule has 0 amide bonds. The first-order chi connectivity index (χ1) is 9.78. The van der Waals surface area contributed by atoms with Crippen LogP contribution in [0.4, 0.5) is 0 Å². The van der Waals surface area contributed by atoms with E-state index in [0.29, 0.717) is 0 Å². The molecule has 0 saturated carbocycles. The van der Waals surface area contributed by atoms with E-state index in [0.717, 1.165) is 26.2 Å². The first-order valence-electron chi connectivity index (χ1n) is 7.86. The summed E-state index contributed by atoms with van der Waals surface area (Å²) in [4.78, 5) is 5.12. The minimum atomic E-state index is 0.838. The Labute approximate surface area is 123 Å². The van der Waals surface area contributed by atoms with E-state index < -0.39 is 0 Å². The Bertz CT molecular complexity index is 369.